The van der Waals surface area contributed by atoms with Crippen LogP contribution in [0, 0.1) is 0 Å². The van der Waals surface area contributed by atoms with E-state index < -0.39 is 0 Å². The molecule has 0 radical (unpaired) electrons. The Morgan fingerprint density at radius 2 is 0.933 bits per heavy atom. The maximum absolute atomic E-state index is 5.52. The molecule has 0 saturated carbocycles. The molecule has 1 heterocycles. The van der Waals surface area contributed by atoms with Crippen LogP contribution in [-0.2, 0) is 13.7 Å². The van der Waals surface area contributed by atoms with Crippen LogP contribution in [-0.4, -0.2) is 21.4 Å². The standard InChI is InChI=1S/C9H15B3O3/c1-4-7-10-13-11(8-5-2)15-12(14-10)9-6-3/h4-6H,1-3,7-9H2. The van der Waals surface area contributed by atoms with Gasteiger partial charge in [0.1, 0.15) is 0 Å². The molecule has 0 unspecified atom stereocenters. The second kappa shape index (κ2) is 6.72. The van der Waals surface area contributed by atoms with Crippen LogP contribution in [0.5, 0.6) is 0 Å². The average Bonchev–Trinajstić information content (AvgIpc) is 2.19. The van der Waals surface area contributed by atoms with Gasteiger partial charge in [0.05, 0.1) is 0 Å². The van der Waals surface area contributed by atoms with Crippen LogP contribution in [0.1, 0.15) is 0 Å². The van der Waals surface area contributed by atoms with Gasteiger partial charge in [-0.1, -0.05) is 18.2 Å². The van der Waals surface area contributed by atoms with Gasteiger partial charge < -0.3 is 13.7 Å². The number of allylic oxidation sites excluding steroid dienone is 3. The van der Waals surface area contributed by atoms with Gasteiger partial charge in [-0.2, -0.15) is 0 Å². The van der Waals surface area contributed by atoms with Gasteiger partial charge in [0.2, 0.25) is 0 Å². The molecule has 0 atom stereocenters. The van der Waals surface area contributed by atoms with Crippen molar-refractivity contribution in [3.8, 4) is 0 Å². The van der Waals surface area contributed by atoms with Gasteiger partial charge in [-0.05, 0) is 19.0 Å². The predicted octanol–water partition coefficient (Wildman–Crippen LogP) is 2.07. The van der Waals surface area contributed by atoms with E-state index in [1.165, 1.54) is 0 Å². The molecule has 0 bridgehead atoms. The molecular weight excluding hydrogens is 189 g/mol. The molecule has 1 aliphatic heterocycles. The van der Waals surface area contributed by atoms with Crippen molar-refractivity contribution < 1.29 is 13.7 Å². The molecule has 3 nitrogen and oxygen atoms in total. The molecule has 1 rings (SSSR count). The van der Waals surface area contributed by atoms with Crippen molar-refractivity contribution in [1.29, 1.82) is 0 Å². The van der Waals surface area contributed by atoms with Crippen LogP contribution >= 0.6 is 0 Å². The van der Waals surface area contributed by atoms with E-state index >= 15 is 0 Å². The first-order valence-corrected chi connectivity index (χ1v) is 5.09. The number of rotatable bonds is 6. The van der Waals surface area contributed by atoms with Crippen molar-refractivity contribution in [3.63, 3.8) is 0 Å². The minimum absolute atomic E-state index is 0.272. The summed E-state index contributed by atoms with van der Waals surface area (Å²) in [6.45, 7) is 11.0. The van der Waals surface area contributed by atoms with Gasteiger partial charge in [-0.3, -0.25) is 0 Å². The Labute approximate surface area is 92.6 Å². The lowest BCUT2D eigenvalue weighted by atomic mass is 9.65. The van der Waals surface area contributed by atoms with Gasteiger partial charge in [-0.15, -0.1) is 19.7 Å². The zero-order valence-corrected chi connectivity index (χ0v) is 8.93. The summed E-state index contributed by atoms with van der Waals surface area (Å²) in [4.78, 5) is 0. The molecule has 0 spiro atoms. The minimum atomic E-state index is -0.272. The van der Waals surface area contributed by atoms with Crippen molar-refractivity contribution in [2.45, 2.75) is 19.0 Å². The summed E-state index contributed by atoms with van der Waals surface area (Å²) < 4.78 is 16.6. The van der Waals surface area contributed by atoms with Gasteiger partial charge in [0, 0.05) is 0 Å². The van der Waals surface area contributed by atoms with E-state index in [0.717, 1.165) is 0 Å². The fourth-order valence-electron chi connectivity index (χ4n) is 1.35. The lowest BCUT2D eigenvalue weighted by molar-refractivity contribution is 0.285. The van der Waals surface area contributed by atoms with Crippen LogP contribution < -0.4 is 0 Å². The monoisotopic (exact) mass is 204 g/mol. The minimum Gasteiger partial charge on any atom is -0.452 e. The molecule has 0 aromatic heterocycles. The van der Waals surface area contributed by atoms with Crippen molar-refractivity contribution in [2.75, 3.05) is 0 Å². The molecule has 6 heteroatoms. The zero-order chi connectivity index (χ0) is 11.1. The van der Waals surface area contributed by atoms with Crippen molar-refractivity contribution in [3.05, 3.63) is 38.0 Å². The Kier molecular flexibility index (Phi) is 5.54. The predicted molar refractivity (Wildman–Crippen MR) is 65.5 cm³/mol. The molecular formula is C9H15B3O3. The van der Waals surface area contributed by atoms with Gasteiger partial charge in [0.15, 0.2) is 0 Å². The van der Waals surface area contributed by atoms with E-state index in [1.54, 1.807) is 18.2 Å². The van der Waals surface area contributed by atoms with Crippen LogP contribution in [0.25, 0.3) is 0 Å². The van der Waals surface area contributed by atoms with Crippen LogP contribution in [0.4, 0.5) is 0 Å². The molecule has 15 heavy (non-hydrogen) atoms. The number of hydrogen-bond donors (Lipinski definition) is 0. The quantitative estimate of drug-likeness (QED) is 0.489. The molecule has 1 aliphatic rings. The van der Waals surface area contributed by atoms with Gasteiger partial charge in [0.25, 0.3) is 0 Å². The third kappa shape index (κ3) is 4.12. The lowest BCUT2D eigenvalue weighted by Crippen LogP contribution is -2.48. The Morgan fingerprint density at radius 3 is 1.13 bits per heavy atom. The topological polar surface area (TPSA) is 27.7 Å². The summed E-state index contributed by atoms with van der Waals surface area (Å²) in [6.07, 6.45) is 7.28. The summed E-state index contributed by atoms with van der Waals surface area (Å²) in [5, 5.41) is 0. The summed E-state index contributed by atoms with van der Waals surface area (Å²) in [6, 6.07) is 0. The summed E-state index contributed by atoms with van der Waals surface area (Å²) in [7, 11) is -0.816. The fourth-order valence-corrected chi connectivity index (χ4v) is 1.35. The Balaban J connectivity index is 2.50. The Bertz CT molecular complexity index is 191. The van der Waals surface area contributed by atoms with E-state index in [1.807, 2.05) is 0 Å². The second-order valence-corrected chi connectivity index (χ2v) is 3.27. The fraction of sp³-hybridized carbons (Fsp3) is 0.333. The maximum Gasteiger partial charge on any atom is 0.433 e. The second-order valence-electron chi connectivity index (χ2n) is 3.27. The highest BCUT2D eigenvalue weighted by Gasteiger charge is 2.38. The zero-order valence-electron chi connectivity index (χ0n) is 8.93. The summed E-state index contributed by atoms with van der Waals surface area (Å²) in [5.74, 6) is 0. The van der Waals surface area contributed by atoms with Crippen LogP contribution in [0.3, 0.4) is 0 Å². The molecule has 1 saturated heterocycles. The molecule has 0 aliphatic carbocycles. The molecule has 0 amide bonds. The van der Waals surface area contributed by atoms with E-state index in [9.17, 15) is 0 Å². The average molecular weight is 204 g/mol. The van der Waals surface area contributed by atoms with Crippen molar-refractivity contribution >= 4 is 21.4 Å². The maximum atomic E-state index is 5.52. The molecule has 78 valence electrons. The molecule has 0 aromatic rings. The largest absolute Gasteiger partial charge is 0.452 e. The van der Waals surface area contributed by atoms with E-state index in [4.69, 9.17) is 13.7 Å². The van der Waals surface area contributed by atoms with Gasteiger partial charge >= 0.3 is 21.4 Å². The SMILES string of the molecule is C=CCB1OB(CC=C)OB(CC=C)O1. The highest BCUT2D eigenvalue weighted by molar-refractivity contribution is 6.74. The molecule has 1 fully saturated rings. The highest BCUT2D eigenvalue weighted by Crippen LogP contribution is 2.16. The van der Waals surface area contributed by atoms with E-state index in [0.29, 0.717) is 19.0 Å². The van der Waals surface area contributed by atoms with Crippen molar-refractivity contribution in [1.82, 2.24) is 0 Å². The third-order valence-electron chi connectivity index (χ3n) is 1.99. The summed E-state index contributed by atoms with van der Waals surface area (Å²) >= 11 is 0. The van der Waals surface area contributed by atoms with Gasteiger partial charge in [-0.25, -0.2) is 0 Å². The smallest absolute Gasteiger partial charge is 0.433 e. The first-order chi connectivity index (χ1) is 7.30. The third-order valence-corrected chi connectivity index (χ3v) is 1.99. The first kappa shape index (κ1) is 12.4. The molecule has 0 N–H and O–H groups in total. The number of hydrogen-bond acceptors (Lipinski definition) is 3. The normalized spacial score (nSPS) is 16.4. The van der Waals surface area contributed by atoms with E-state index in [-0.39, 0.29) is 21.4 Å². The lowest BCUT2D eigenvalue weighted by Gasteiger charge is -2.29. The van der Waals surface area contributed by atoms with Crippen LogP contribution in [0.2, 0.25) is 19.0 Å². The first-order valence-electron chi connectivity index (χ1n) is 5.09. The Hall–Kier alpha value is -0.705. The summed E-state index contributed by atoms with van der Waals surface area (Å²) in [5.41, 5.74) is 0. The highest BCUT2D eigenvalue weighted by atomic mass is 16.7. The Morgan fingerprint density at radius 1 is 0.667 bits per heavy atom. The van der Waals surface area contributed by atoms with Crippen molar-refractivity contribution in [2.24, 2.45) is 0 Å². The van der Waals surface area contributed by atoms with E-state index in [2.05, 4.69) is 19.7 Å². The molecule has 0 aromatic carbocycles. The van der Waals surface area contributed by atoms with Crippen LogP contribution in [0.15, 0.2) is 38.0 Å².